The van der Waals surface area contributed by atoms with Crippen LogP contribution >= 0.6 is 0 Å². The molecule has 1 aromatic heterocycles. The Bertz CT molecular complexity index is 473. The van der Waals surface area contributed by atoms with Gasteiger partial charge in [-0.25, -0.2) is 4.79 Å². The highest BCUT2D eigenvalue weighted by atomic mass is 16.4. The Labute approximate surface area is 111 Å². The average Bonchev–Trinajstić information content (AvgIpc) is 2.76. The Kier molecular flexibility index (Phi) is 4.11. The topological polar surface area (TPSA) is 82.5 Å². The zero-order valence-electron chi connectivity index (χ0n) is 10.8. The zero-order valence-corrected chi connectivity index (χ0v) is 10.8. The number of rotatable bonds is 4. The molecule has 1 fully saturated rings. The number of amides is 1. The second kappa shape index (κ2) is 5.79. The highest BCUT2D eigenvalue weighted by molar-refractivity contribution is 5.87. The molecule has 6 heteroatoms. The predicted molar refractivity (Wildman–Crippen MR) is 68.7 cm³/mol. The van der Waals surface area contributed by atoms with Crippen molar-refractivity contribution in [2.75, 3.05) is 13.1 Å². The molecule has 1 saturated heterocycles. The molecule has 0 aliphatic carbocycles. The van der Waals surface area contributed by atoms with Crippen LogP contribution in [0.5, 0.6) is 0 Å². The lowest BCUT2D eigenvalue weighted by Crippen LogP contribution is -2.35. The van der Waals surface area contributed by atoms with E-state index >= 15 is 0 Å². The van der Waals surface area contributed by atoms with Gasteiger partial charge in [0.2, 0.25) is 5.91 Å². The first-order chi connectivity index (χ1) is 9.04. The first-order valence-electron chi connectivity index (χ1n) is 6.22. The molecule has 2 rings (SSSR count). The largest absolute Gasteiger partial charge is 0.478 e. The lowest BCUT2D eigenvalue weighted by molar-refractivity contribution is -0.119. The van der Waals surface area contributed by atoms with Crippen molar-refractivity contribution in [3.63, 3.8) is 0 Å². The highest BCUT2D eigenvalue weighted by Crippen LogP contribution is 2.12. The molecule has 6 nitrogen and oxygen atoms in total. The maximum atomic E-state index is 11.0. The molecule has 0 spiro atoms. The number of nitrogens with zero attached hydrogens (tertiary/aromatic N) is 2. The summed E-state index contributed by atoms with van der Waals surface area (Å²) < 4.78 is 0. The fraction of sp³-hybridized carbons (Fsp3) is 0.462. The maximum absolute atomic E-state index is 11.0. The van der Waals surface area contributed by atoms with Crippen molar-refractivity contribution >= 4 is 11.9 Å². The number of likely N-dealkylation sites (tertiary alicyclic amines) is 1. The van der Waals surface area contributed by atoms with Crippen molar-refractivity contribution in [2.45, 2.75) is 25.9 Å². The number of hydrogen-bond donors (Lipinski definition) is 2. The van der Waals surface area contributed by atoms with Crippen LogP contribution in [0.4, 0.5) is 0 Å². The summed E-state index contributed by atoms with van der Waals surface area (Å²) in [5.74, 6) is -0.971. The summed E-state index contributed by atoms with van der Waals surface area (Å²) in [7, 11) is 0. The summed E-state index contributed by atoms with van der Waals surface area (Å²) in [5, 5.41) is 11.7. The summed E-state index contributed by atoms with van der Waals surface area (Å²) in [6.07, 6.45) is 2.31. The Morgan fingerprint density at radius 3 is 2.89 bits per heavy atom. The molecular weight excluding hydrogens is 246 g/mol. The van der Waals surface area contributed by atoms with Gasteiger partial charge in [-0.2, -0.15) is 0 Å². The van der Waals surface area contributed by atoms with Crippen LogP contribution in [0.25, 0.3) is 0 Å². The van der Waals surface area contributed by atoms with E-state index in [1.165, 1.54) is 13.1 Å². The van der Waals surface area contributed by atoms with E-state index < -0.39 is 5.97 Å². The molecule has 1 aliphatic heterocycles. The van der Waals surface area contributed by atoms with E-state index in [4.69, 9.17) is 5.11 Å². The summed E-state index contributed by atoms with van der Waals surface area (Å²) in [6.45, 7) is 3.92. The second-order valence-electron chi connectivity index (χ2n) is 4.76. The molecule has 1 amide bonds. The minimum absolute atomic E-state index is 0.00390. The molecule has 2 heterocycles. The summed E-state index contributed by atoms with van der Waals surface area (Å²) >= 11 is 0. The molecule has 0 saturated carbocycles. The van der Waals surface area contributed by atoms with Crippen LogP contribution in [0.15, 0.2) is 18.3 Å². The van der Waals surface area contributed by atoms with E-state index in [-0.39, 0.29) is 17.5 Å². The van der Waals surface area contributed by atoms with Crippen LogP contribution in [-0.4, -0.2) is 46.0 Å². The van der Waals surface area contributed by atoms with Gasteiger partial charge in [0, 0.05) is 38.8 Å². The molecule has 102 valence electrons. The number of pyridine rings is 1. The van der Waals surface area contributed by atoms with Crippen LogP contribution in [0, 0.1) is 0 Å². The van der Waals surface area contributed by atoms with Gasteiger partial charge in [-0.05, 0) is 18.6 Å². The van der Waals surface area contributed by atoms with Gasteiger partial charge in [0.25, 0.3) is 0 Å². The minimum atomic E-state index is -0.967. The first-order valence-corrected chi connectivity index (χ1v) is 6.22. The summed E-state index contributed by atoms with van der Waals surface area (Å²) in [4.78, 5) is 28.0. The van der Waals surface area contributed by atoms with Gasteiger partial charge in [-0.1, -0.05) is 0 Å². The molecule has 0 bridgehead atoms. The van der Waals surface area contributed by atoms with E-state index in [1.807, 2.05) is 0 Å². The number of carbonyl (C=O) groups is 2. The number of hydrogen-bond acceptors (Lipinski definition) is 4. The highest BCUT2D eigenvalue weighted by Gasteiger charge is 2.23. The lowest BCUT2D eigenvalue weighted by atomic mass is 10.2. The van der Waals surface area contributed by atoms with Crippen molar-refractivity contribution in [3.05, 3.63) is 29.6 Å². The van der Waals surface area contributed by atoms with Crippen molar-refractivity contribution in [3.8, 4) is 0 Å². The Balaban J connectivity index is 1.88. The Hall–Kier alpha value is -1.95. The molecule has 1 unspecified atom stereocenters. The molecule has 2 N–H and O–H groups in total. The van der Waals surface area contributed by atoms with Gasteiger partial charge in [0.15, 0.2) is 0 Å². The van der Waals surface area contributed by atoms with Crippen LogP contribution in [0.2, 0.25) is 0 Å². The lowest BCUT2D eigenvalue weighted by Gasteiger charge is -2.15. The number of aromatic nitrogens is 1. The third kappa shape index (κ3) is 3.75. The predicted octanol–water partition coefficient (Wildman–Crippen LogP) is 0.490. The monoisotopic (exact) mass is 263 g/mol. The first kappa shape index (κ1) is 13.5. The fourth-order valence-corrected chi connectivity index (χ4v) is 2.26. The van der Waals surface area contributed by atoms with Crippen molar-refractivity contribution in [2.24, 2.45) is 0 Å². The van der Waals surface area contributed by atoms with Crippen molar-refractivity contribution in [1.82, 2.24) is 15.2 Å². The van der Waals surface area contributed by atoms with Crippen LogP contribution in [0.3, 0.4) is 0 Å². The molecule has 1 aromatic rings. The summed E-state index contributed by atoms with van der Waals surface area (Å²) in [6, 6.07) is 3.50. The minimum Gasteiger partial charge on any atom is -0.478 e. The fourth-order valence-electron chi connectivity index (χ4n) is 2.26. The molecule has 0 aromatic carbocycles. The number of carboxylic acid groups (broad SMARTS) is 1. The number of aromatic carboxylic acids is 1. The van der Waals surface area contributed by atoms with E-state index in [1.54, 1.807) is 12.1 Å². The average molecular weight is 263 g/mol. The van der Waals surface area contributed by atoms with Crippen LogP contribution in [-0.2, 0) is 11.3 Å². The van der Waals surface area contributed by atoms with E-state index in [0.29, 0.717) is 6.54 Å². The number of carboxylic acids is 1. The van der Waals surface area contributed by atoms with Gasteiger partial charge in [0.05, 0.1) is 11.3 Å². The molecule has 19 heavy (non-hydrogen) atoms. The van der Waals surface area contributed by atoms with E-state index in [9.17, 15) is 9.59 Å². The van der Waals surface area contributed by atoms with Crippen LogP contribution in [0.1, 0.15) is 29.4 Å². The molecule has 1 aliphatic rings. The van der Waals surface area contributed by atoms with Gasteiger partial charge in [-0.3, -0.25) is 14.7 Å². The quantitative estimate of drug-likeness (QED) is 0.826. The third-order valence-electron chi connectivity index (χ3n) is 3.14. The Morgan fingerprint density at radius 2 is 2.32 bits per heavy atom. The van der Waals surface area contributed by atoms with Gasteiger partial charge < -0.3 is 10.4 Å². The normalized spacial score (nSPS) is 19.3. The SMILES string of the molecule is CC(=O)NC1CCN(Cc2ccc(C(=O)O)cn2)C1. The second-order valence-corrected chi connectivity index (χ2v) is 4.76. The van der Waals surface area contributed by atoms with Gasteiger partial charge in [0.1, 0.15) is 0 Å². The smallest absolute Gasteiger partial charge is 0.337 e. The maximum Gasteiger partial charge on any atom is 0.337 e. The Morgan fingerprint density at radius 1 is 1.53 bits per heavy atom. The molecular formula is C13H17N3O3. The third-order valence-corrected chi connectivity index (χ3v) is 3.14. The van der Waals surface area contributed by atoms with Crippen LogP contribution < -0.4 is 5.32 Å². The van der Waals surface area contributed by atoms with Gasteiger partial charge >= 0.3 is 5.97 Å². The van der Waals surface area contributed by atoms with Crippen molar-refractivity contribution in [1.29, 1.82) is 0 Å². The number of nitrogens with one attached hydrogen (secondary N) is 1. The number of carbonyl (C=O) groups excluding carboxylic acids is 1. The standard InChI is InChI=1S/C13H17N3O3/c1-9(17)15-12-4-5-16(8-12)7-11-3-2-10(6-14-11)13(18)19/h2-3,6,12H,4-5,7-8H2,1H3,(H,15,17)(H,18,19). The summed E-state index contributed by atoms with van der Waals surface area (Å²) in [5.41, 5.74) is 1.04. The van der Waals surface area contributed by atoms with E-state index in [2.05, 4.69) is 15.2 Å². The van der Waals surface area contributed by atoms with Gasteiger partial charge in [-0.15, -0.1) is 0 Å². The van der Waals surface area contributed by atoms with E-state index in [0.717, 1.165) is 25.2 Å². The molecule has 0 radical (unpaired) electrons. The van der Waals surface area contributed by atoms with Crippen molar-refractivity contribution < 1.29 is 14.7 Å². The molecule has 1 atom stereocenters. The zero-order chi connectivity index (χ0) is 13.8.